The Morgan fingerprint density at radius 1 is 1.11 bits per heavy atom. The summed E-state index contributed by atoms with van der Waals surface area (Å²) in [7, 11) is 1.56. The van der Waals surface area contributed by atoms with Crippen molar-refractivity contribution in [2.45, 2.75) is 25.7 Å². The predicted molar refractivity (Wildman–Crippen MR) is 109 cm³/mol. The molecular formula is C22H28N4O2. The van der Waals surface area contributed by atoms with Gasteiger partial charge in [0.2, 0.25) is 0 Å². The molecule has 0 spiro atoms. The average Bonchev–Trinajstić information content (AvgIpc) is 2.74. The van der Waals surface area contributed by atoms with E-state index >= 15 is 0 Å². The van der Waals surface area contributed by atoms with E-state index in [1.165, 1.54) is 0 Å². The van der Waals surface area contributed by atoms with Crippen molar-refractivity contribution < 1.29 is 9.59 Å². The maximum Gasteiger partial charge on any atom is 0.269 e. The van der Waals surface area contributed by atoms with Gasteiger partial charge in [-0.25, -0.2) is 4.98 Å². The van der Waals surface area contributed by atoms with Gasteiger partial charge in [-0.3, -0.25) is 9.59 Å². The number of pyridine rings is 1. The quantitative estimate of drug-likeness (QED) is 0.687. The number of benzene rings is 1. The van der Waals surface area contributed by atoms with Crippen molar-refractivity contribution in [3.05, 3.63) is 65.0 Å². The minimum Gasteiger partial charge on any atom is -0.354 e. The van der Waals surface area contributed by atoms with Crippen LogP contribution in [0.1, 0.15) is 51.4 Å². The predicted octanol–water partition coefficient (Wildman–Crippen LogP) is 2.15. The van der Waals surface area contributed by atoms with Gasteiger partial charge in [-0.1, -0.05) is 30.3 Å². The molecule has 0 radical (unpaired) electrons. The first-order valence-electron chi connectivity index (χ1n) is 9.91. The number of hydrogen-bond acceptors (Lipinski definition) is 4. The molecule has 28 heavy (non-hydrogen) atoms. The Labute approximate surface area is 166 Å². The van der Waals surface area contributed by atoms with Crippen molar-refractivity contribution in [3.8, 4) is 0 Å². The minimum absolute atomic E-state index is 0.157. The van der Waals surface area contributed by atoms with E-state index < -0.39 is 0 Å². The highest BCUT2D eigenvalue weighted by atomic mass is 16.2. The number of aromatic nitrogens is 1. The van der Waals surface area contributed by atoms with E-state index in [0.717, 1.165) is 37.9 Å². The summed E-state index contributed by atoms with van der Waals surface area (Å²) in [5.41, 5.74) is 2.53. The van der Waals surface area contributed by atoms with Crippen LogP contribution in [0.4, 0.5) is 0 Å². The highest BCUT2D eigenvalue weighted by Gasteiger charge is 2.16. The van der Waals surface area contributed by atoms with Crippen LogP contribution >= 0.6 is 0 Å². The van der Waals surface area contributed by atoms with Gasteiger partial charge in [-0.15, -0.1) is 0 Å². The third-order valence-electron chi connectivity index (χ3n) is 5.13. The molecule has 148 valence electrons. The fourth-order valence-electron chi connectivity index (χ4n) is 3.52. The van der Waals surface area contributed by atoms with Gasteiger partial charge in [0.05, 0.1) is 0 Å². The Kier molecular flexibility index (Phi) is 7.14. The Hall–Kier alpha value is -2.73. The third kappa shape index (κ3) is 5.63. The first-order chi connectivity index (χ1) is 13.7. The molecule has 1 aromatic carbocycles. The molecule has 2 aromatic rings. The van der Waals surface area contributed by atoms with Crippen LogP contribution in [0.3, 0.4) is 0 Å². The molecule has 0 atom stereocenters. The summed E-state index contributed by atoms with van der Waals surface area (Å²) in [6, 6.07) is 13.2. The zero-order valence-corrected chi connectivity index (χ0v) is 16.3. The fraction of sp³-hybridized carbons (Fsp3) is 0.409. The monoisotopic (exact) mass is 380 g/mol. The summed E-state index contributed by atoms with van der Waals surface area (Å²) < 4.78 is 0. The van der Waals surface area contributed by atoms with Crippen molar-refractivity contribution >= 4 is 11.8 Å². The lowest BCUT2D eigenvalue weighted by atomic mass is 9.95. The Morgan fingerprint density at radius 2 is 1.86 bits per heavy atom. The summed E-state index contributed by atoms with van der Waals surface area (Å²) in [5.74, 6) is 0.212. The number of nitrogens with one attached hydrogen (secondary N) is 3. The Balaban J connectivity index is 1.69. The van der Waals surface area contributed by atoms with Gasteiger partial charge >= 0.3 is 0 Å². The molecule has 0 aliphatic carbocycles. The van der Waals surface area contributed by atoms with Gasteiger partial charge in [0.1, 0.15) is 5.69 Å². The lowest BCUT2D eigenvalue weighted by Gasteiger charge is -2.22. The lowest BCUT2D eigenvalue weighted by molar-refractivity contribution is 0.0950. The van der Waals surface area contributed by atoms with Crippen LogP contribution in [-0.2, 0) is 6.42 Å². The molecule has 1 fully saturated rings. The number of carbonyl (C=O) groups excluding carboxylic acids is 2. The summed E-state index contributed by atoms with van der Waals surface area (Å²) >= 11 is 0. The first-order valence-corrected chi connectivity index (χ1v) is 9.91. The van der Waals surface area contributed by atoms with Gasteiger partial charge in [0.15, 0.2) is 0 Å². The molecule has 6 heteroatoms. The third-order valence-corrected chi connectivity index (χ3v) is 5.13. The number of rotatable bonds is 7. The van der Waals surface area contributed by atoms with Gasteiger partial charge in [-0.2, -0.15) is 0 Å². The standard InChI is InChI=1S/C22H28N4O2/c1-23-22(28)20-15-18(14-19(26-20)13-17-5-3-2-4-6-17)21(27)25-12-9-16-7-10-24-11-8-16/h2-6,14-16,24H,7-13H2,1H3,(H,23,28)(H,25,27). The second-order valence-electron chi connectivity index (χ2n) is 7.21. The van der Waals surface area contributed by atoms with Crippen LogP contribution < -0.4 is 16.0 Å². The fourth-order valence-corrected chi connectivity index (χ4v) is 3.52. The van der Waals surface area contributed by atoms with Crippen molar-refractivity contribution in [3.63, 3.8) is 0 Å². The highest BCUT2D eigenvalue weighted by molar-refractivity contribution is 5.98. The van der Waals surface area contributed by atoms with Crippen LogP contribution in [0.5, 0.6) is 0 Å². The van der Waals surface area contributed by atoms with E-state index in [9.17, 15) is 9.59 Å². The van der Waals surface area contributed by atoms with E-state index in [1.54, 1.807) is 19.2 Å². The number of amides is 2. The summed E-state index contributed by atoms with van der Waals surface area (Å²) in [4.78, 5) is 29.2. The van der Waals surface area contributed by atoms with Gasteiger partial charge < -0.3 is 16.0 Å². The topological polar surface area (TPSA) is 83.1 Å². The number of carbonyl (C=O) groups is 2. The van der Waals surface area contributed by atoms with Crippen molar-refractivity contribution in [1.29, 1.82) is 0 Å². The minimum atomic E-state index is -0.293. The lowest BCUT2D eigenvalue weighted by Crippen LogP contribution is -2.31. The largest absolute Gasteiger partial charge is 0.354 e. The van der Waals surface area contributed by atoms with Crippen LogP contribution in [0.15, 0.2) is 42.5 Å². The number of hydrogen-bond donors (Lipinski definition) is 3. The molecule has 3 N–H and O–H groups in total. The zero-order chi connectivity index (χ0) is 19.8. The molecule has 1 aromatic heterocycles. The number of piperidine rings is 1. The molecular weight excluding hydrogens is 352 g/mol. The molecule has 0 unspecified atom stereocenters. The van der Waals surface area contributed by atoms with Crippen molar-refractivity contribution in [2.24, 2.45) is 5.92 Å². The van der Waals surface area contributed by atoms with E-state index in [1.807, 2.05) is 30.3 Å². The SMILES string of the molecule is CNC(=O)c1cc(C(=O)NCCC2CCNCC2)cc(Cc2ccccc2)n1. The molecule has 3 rings (SSSR count). The maximum atomic E-state index is 12.7. The van der Waals surface area contributed by atoms with E-state index in [4.69, 9.17) is 0 Å². The second-order valence-corrected chi connectivity index (χ2v) is 7.21. The van der Waals surface area contributed by atoms with Gasteiger partial charge in [-0.05, 0) is 56.0 Å². The smallest absolute Gasteiger partial charge is 0.269 e. The normalized spacial score (nSPS) is 14.5. The van der Waals surface area contributed by atoms with Crippen LogP contribution in [-0.4, -0.2) is 43.5 Å². The molecule has 1 aliphatic heterocycles. The maximum absolute atomic E-state index is 12.7. The van der Waals surface area contributed by atoms with Crippen molar-refractivity contribution in [1.82, 2.24) is 20.9 Å². The highest BCUT2D eigenvalue weighted by Crippen LogP contribution is 2.15. The van der Waals surface area contributed by atoms with E-state index in [0.29, 0.717) is 30.1 Å². The summed E-state index contributed by atoms with van der Waals surface area (Å²) in [5, 5.41) is 8.94. The van der Waals surface area contributed by atoms with E-state index in [-0.39, 0.29) is 17.5 Å². The molecule has 2 amide bonds. The molecule has 0 saturated carbocycles. The Bertz CT molecular complexity index is 801. The van der Waals surface area contributed by atoms with Crippen LogP contribution in [0.2, 0.25) is 0 Å². The van der Waals surface area contributed by atoms with Crippen LogP contribution in [0, 0.1) is 5.92 Å². The summed E-state index contributed by atoms with van der Waals surface area (Å²) in [6.07, 6.45) is 3.87. The van der Waals surface area contributed by atoms with Gasteiger partial charge in [0, 0.05) is 31.3 Å². The molecule has 0 bridgehead atoms. The Morgan fingerprint density at radius 3 is 2.57 bits per heavy atom. The second kappa shape index (κ2) is 9.99. The molecule has 1 aliphatic rings. The van der Waals surface area contributed by atoms with Crippen molar-refractivity contribution in [2.75, 3.05) is 26.7 Å². The van der Waals surface area contributed by atoms with E-state index in [2.05, 4.69) is 20.9 Å². The van der Waals surface area contributed by atoms with Gasteiger partial charge in [0.25, 0.3) is 11.8 Å². The molecule has 2 heterocycles. The molecule has 1 saturated heterocycles. The van der Waals surface area contributed by atoms with Crippen LogP contribution in [0.25, 0.3) is 0 Å². The molecule has 6 nitrogen and oxygen atoms in total. The first kappa shape index (κ1) is 20.0. The summed E-state index contributed by atoms with van der Waals surface area (Å²) in [6.45, 7) is 2.76. The number of nitrogens with zero attached hydrogens (tertiary/aromatic N) is 1. The zero-order valence-electron chi connectivity index (χ0n) is 16.3. The average molecular weight is 380 g/mol.